The van der Waals surface area contributed by atoms with Gasteiger partial charge >= 0.3 is 0 Å². The summed E-state index contributed by atoms with van der Waals surface area (Å²) in [4.78, 5) is 2.54. The fourth-order valence-electron chi connectivity index (χ4n) is 2.88. The third-order valence-electron chi connectivity index (χ3n) is 4.01. The van der Waals surface area contributed by atoms with Crippen LogP contribution < -0.4 is 15.2 Å². The largest absolute Gasteiger partial charge is 0.493 e. The molecular formula is C17H28N2O2. The number of para-hydroxylation sites is 1. The zero-order valence-corrected chi connectivity index (χ0v) is 13.1. The molecule has 21 heavy (non-hydrogen) atoms. The summed E-state index contributed by atoms with van der Waals surface area (Å²) in [5, 5.41) is 0. The number of rotatable bonds is 8. The highest BCUT2D eigenvalue weighted by Crippen LogP contribution is 2.31. The maximum absolute atomic E-state index is 6.00. The predicted octanol–water partition coefficient (Wildman–Crippen LogP) is 2.45. The average molecular weight is 292 g/mol. The minimum Gasteiger partial charge on any atom is -0.493 e. The smallest absolute Gasteiger partial charge is 0.164 e. The zero-order valence-electron chi connectivity index (χ0n) is 13.1. The third kappa shape index (κ3) is 4.90. The fourth-order valence-corrected chi connectivity index (χ4v) is 2.88. The predicted molar refractivity (Wildman–Crippen MR) is 86.2 cm³/mol. The molecule has 1 aliphatic rings. The van der Waals surface area contributed by atoms with Gasteiger partial charge in [-0.1, -0.05) is 18.6 Å². The number of likely N-dealkylation sites (tertiary alicyclic amines) is 1. The SMILES string of the molecule is COc1cccc(CCN)c1OCCCN1CCCCC1. The van der Waals surface area contributed by atoms with Crippen molar-refractivity contribution in [1.82, 2.24) is 4.90 Å². The van der Waals surface area contributed by atoms with Crippen LogP contribution in [0.5, 0.6) is 11.5 Å². The number of ether oxygens (including phenoxy) is 2. The van der Waals surface area contributed by atoms with Gasteiger partial charge in [-0.15, -0.1) is 0 Å². The molecule has 0 aromatic heterocycles. The van der Waals surface area contributed by atoms with Crippen LogP contribution >= 0.6 is 0 Å². The summed E-state index contributed by atoms with van der Waals surface area (Å²) < 4.78 is 11.4. The maximum atomic E-state index is 6.00. The molecule has 1 aromatic rings. The minimum absolute atomic E-state index is 0.622. The second-order valence-corrected chi connectivity index (χ2v) is 5.59. The number of piperidine rings is 1. The van der Waals surface area contributed by atoms with Crippen molar-refractivity contribution in [1.29, 1.82) is 0 Å². The van der Waals surface area contributed by atoms with E-state index in [1.807, 2.05) is 12.1 Å². The molecule has 0 amide bonds. The molecule has 4 heteroatoms. The molecule has 0 bridgehead atoms. The van der Waals surface area contributed by atoms with Gasteiger partial charge in [-0.25, -0.2) is 0 Å². The van der Waals surface area contributed by atoms with Gasteiger partial charge in [-0.2, -0.15) is 0 Å². The van der Waals surface area contributed by atoms with Crippen LogP contribution in [0.2, 0.25) is 0 Å². The molecule has 2 rings (SSSR count). The summed E-state index contributed by atoms with van der Waals surface area (Å²) in [5.74, 6) is 1.67. The van der Waals surface area contributed by atoms with Crippen molar-refractivity contribution >= 4 is 0 Å². The first-order valence-corrected chi connectivity index (χ1v) is 8.06. The van der Waals surface area contributed by atoms with Crippen molar-refractivity contribution in [2.75, 3.05) is 39.9 Å². The van der Waals surface area contributed by atoms with E-state index in [0.717, 1.165) is 43.1 Å². The Balaban J connectivity index is 1.83. The Morgan fingerprint density at radius 2 is 2.00 bits per heavy atom. The molecule has 0 saturated carbocycles. The first-order valence-electron chi connectivity index (χ1n) is 8.06. The molecule has 1 fully saturated rings. The normalized spacial score (nSPS) is 15.9. The summed E-state index contributed by atoms with van der Waals surface area (Å²) >= 11 is 0. The molecule has 1 aromatic carbocycles. The minimum atomic E-state index is 0.622. The number of nitrogens with two attached hydrogens (primary N) is 1. The highest BCUT2D eigenvalue weighted by molar-refractivity contribution is 5.46. The fraction of sp³-hybridized carbons (Fsp3) is 0.647. The maximum Gasteiger partial charge on any atom is 0.164 e. The third-order valence-corrected chi connectivity index (χ3v) is 4.01. The van der Waals surface area contributed by atoms with E-state index in [0.29, 0.717) is 6.54 Å². The average Bonchev–Trinajstić information content (AvgIpc) is 2.53. The summed E-state index contributed by atoms with van der Waals surface area (Å²) in [5.41, 5.74) is 6.80. The number of methoxy groups -OCH3 is 1. The van der Waals surface area contributed by atoms with E-state index < -0.39 is 0 Å². The van der Waals surface area contributed by atoms with E-state index in [1.165, 1.54) is 32.4 Å². The van der Waals surface area contributed by atoms with Gasteiger partial charge in [-0.3, -0.25) is 0 Å². The second-order valence-electron chi connectivity index (χ2n) is 5.59. The summed E-state index contributed by atoms with van der Waals surface area (Å²) in [7, 11) is 1.68. The molecule has 1 saturated heterocycles. The number of hydrogen-bond acceptors (Lipinski definition) is 4. The van der Waals surface area contributed by atoms with Gasteiger partial charge in [0.1, 0.15) is 0 Å². The van der Waals surface area contributed by atoms with Gasteiger partial charge in [-0.05, 0) is 56.9 Å². The molecule has 0 unspecified atom stereocenters. The lowest BCUT2D eigenvalue weighted by Crippen LogP contribution is -2.31. The molecule has 118 valence electrons. The Labute approximate surface area is 128 Å². The Hall–Kier alpha value is -1.26. The van der Waals surface area contributed by atoms with E-state index in [-0.39, 0.29) is 0 Å². The molecule has 0 aliphatic carbocycles. The van der Waals surface area contributed by atoms with Gasteiger partial charge in [0, 0.05) is 6.54 Å². The molecule has 4 nitrogen and oxygen atoms in total. The van der Waals surface area contributed by atoms with E-state index in [2.05, 4.69) is 11.0 Å². The van der Waals surface area contributed by atoms with Crippen molar-refractivity contribution in [3.05, 3.63) is 23.8 Å². The van der Waals surface area contributed by atoms with E-state index >= 15 is 0 Å². The Bertz CT molecular complexity index is 417. The summed E-state index contributed by atoms with van der Waals surface area (Å²) in [6.07, 6.45) is 5.94. The van der Waals surface area contributed by atoms with Gasteiger partial charge in [0.2, 0.25) is 0 Å². The topological polar surface area (TPSA) is 47.7 Å². The van der Waals surface area contributed by atoms with Crippen molar-refractivity contribution in [3.8, 4) is 11.5 Å². The monoisotopic (exact) mass is 292 g/mol. The van der Waals surface area contributed by atoms with Crippen LogP contribution in [0.15, 0.2) is 18.2 Å². The molecule has 0 atom stereocenters. The number of nitrogens with zero attached hydrogens (tertiary/aromatic N) is 1. The lowest BCUT2D eigenvalue weighted by atomic mass is 10.1. The molecule has 1 aliphatic heterocycles. The zero-order chi connectivity index (χ0) is 14.9. The quantitative estimate of drug-likeness (QED) is 0.748. The second kappa shape index (κ2) is 8.90. The van der Waals surface area contributed by atoms with Gasteiger partial charge in [0.25, 0.3) is 0 Å². The first kappa shape index (κ1) is 16.1. The van der Waals surface area contributed by atoms with Crippen molar-refractivity contribution < 1.29 is 9.47 Å². The van der Waals surface area contributed by atoms with E-state index in [9.17, 15) is 0 Å². The molecule has 0 spiro atoms. The van der Waals surface area contributed by atoms with E-state index in [4.69, 9.17) is 15.2 Å². The van der Waals surface area contributed by atoms with Crippen molar-refractivity contribution in [2.24, 2.45) is 5.73 Å². The van der Waals surface area contributed by atoms with Crippen LogP contribution in [0.25, 0.3) is 0 Å². The van der Waals surface area contributed by atoms with Crippen molar-refractivity contribution in [3.63, 3.8) is 0 Å². The standard InChI is InChI=1S/C17H28N2O2/c1-20-16-8-5-7-15(9-10-18)17(16)21-14-6-13-19-11-3-2-4-12-19/h5,7-8H,2-4,6,9-14,18H2,1H3. The van der Waals surface area contributed by atoms with Crippen molar-refractivity contribution in [2.45, 2.75) is 32.1 Å². The van der Waals surface area contributed by atoms with E-state index in [1.54, 1.807) is 7.11 Å². The lowest BCUT2D eigenvalue weighted by Gasteiger charge is -2.26. The van der Waals surface area contributed by atoms with Gasteiger partial charge in [0.15, 0.2) is 11.5 Å². The molecular weight excluding hydrogens is 264 g/mol. The van der Waals surface area contributed by atoms with Gasteiger partial charge in [0.05, 0.1) is 13.7 Å². The number of hydrogen-bond donors (Lipinski definition) is 1. The number of benzene rings is 1. The Morgan fingerprint density at radius 3 is 2.71 bits per heavy atom. The molecule has 0 radical (unpaired) electrons. The summed E-state index contributed by atoms with van der Waals surface area (Å²) in [6, 6.07) is 6.00. The van der Waals surface area contributed by atoms with Crippen LogP contribution in [0, 0.1) is 0 Å². The van der Waals surface area contributed by atoms with Crippen LogP contribution in [-0.2, 0) is 6.42 Å². The Morgan fingerprint density at radius 1 is 1.19 bits per heavy atom. The first-order chi connectivity index (χ1) is 10.3. The molecule has 1 heterocycles. The molecule has 2 N–H and O–H groups in total. The summed E-state index contributed by atoms with van der Waals surface area (Å²) in [6.45, 7) is 4.97. The van der Waals surface area contributed by atoms with Crippen LogP contribution in [0.4, 0.5) is 0 Å². The van der Waals surface area contributed by atoms with Gasteiger partial charge < -0.3 is 20.1 Å². The highest BCUT2D eigenvalue weighted by Gasteiger charge is 2.12. The highest BCUT2D eigenvalue weighted by atomic mass is 16.5. The lowest BCUT2D eigenvalue weighted by molar-refractivity contribution is 0.202. The Kier molecular flexibility index (Phi) is 6.83. The van der Waals surface area contributed by atoms with Crippen LogP contribution in [0.3, 0.4) is 0 Å². The van der Waals surface area contributed by atoms with Crippen LogP contribution in [0.1, 0.15) is 31.2 Å². The van der Waals surface area contributed by atoms with Crippen LogP contribution in [-0.4, -0.2) is 44.8 Å².